The van der Waals surface area contributed by atoms with Gasteiger partial charge in [-0.25, -0.2) is 0 Å². The number of hydrogen-bond acceptors (Lipinski definition) is 3. The van der Waals surface area contributed by atoms with Crippen molar-refractivity contribution in [2.75, 3.05) is 11.9 Å². The standard InChI is InChI=1S/C22H19N3O/c1-3-8-17-14(6-1)15-11-12-25-21(20(15)23-17)16-7-2-4-9-18(16)24-22(25)19-10-5-13-26-19/h1-10,13,21-24H,11-12H2. The molecule has 4 heterocycles. The number of H-pyrrole nitrogens is 1. The second-order valence-electron chi connectivity index (χ2n) is 7.10. The normalized spacial score (nSPS) is 21.7. The van der Waals surface area contributed by atoms with Gasteiger partial charge in [0.25, 0.3) is 0 Å². The Kier molecular flexibility index (Phi) is 2.87. The van der Waals surface area contributed by atoms with Crippen molar-refractivity contribution in [2.45, 2.75) is 18.6 Å². The first-order chi connectivity index (χ1) is 12.9. The first-order valence-corrected chi connectivity index (χ1v) is 9.14. The van der Waals surface area contributed by atoms with Gasteiger partial charge in [0.2, 0.25) is 0 Å². The van der Waals surface area contributed by atoms with Crippen molar-refractivity contribution < 1.29 is 4.42 Å². The van der Waals surface area contributed by atoms with Gasteiger partial charge in [-0.15, -0.1) is 0 Å². The molecule has 2 N–H and O–H groups in total. The number of rotatable bonds is 1. The van der Waals surface area contributed by atoms with Gasteiger partial charge in [0.1, 0.15) is 11.9 Å². The van der Waals surface area contributed by atoms with Gasteiger partial charge >= 0.3 is 0 Å². The number of benzene rings is 2. The lowest BCUT2D eigenvalue weighted by molar-refractivity contribution is 0.135. The molecule has 0 fully saturated rings. The molecule has 4 heteroatoms. The van der Waals surface area contributed by atoms with Crippen molar-refractivity contribution >= 4 is 16.6 Å². The fraction of sp³-hybridized carbons (Fsp3) is 0.182. The number of para-hydroxylation sites is 2. The lowest BCUT2D eigenvalue weighted by atomic mass is 9.89. The summed E-state index contributed by atoms with van der Waals surface area (Å²) in [5.41, 5.74) is 6.51. The van der Waals surface area contributed by atoms with E-state index in [0.717, 1.165) is 18.7 Å². The third-order valence-electron chi connectivity index (χ3n) is 5.76. The second-order valence-corrected chi connectivity index (χ2v) is 7.10. The van der Waals surface area contributed by atoms with Gasteiger partial charge in [0, 0.05) is 28.8 Å². The SMILES string of the molecule is c1coc(C2Nc3ccccc3C3c4[nH]c5ccccc5c4CCN23)c1. The zero-order chi connectivity index (χ0) is 17.1. The van der Waals surface area contributed by atoms with Crippen LogP contribution in [0.5, 0.6) is 0 Å². The summed E-state index contributed by atoms with van der Waals surface area (Å²) in [4.78, 5) is 6.23. The highest BCUT2D eigenvalue weighted by molar-refractivity contribution is 5.85. The van der Waals surface area contributed by atoms with Gasteiger partial charge < -0.3 is 14.7 Å². The number of aromatic amines is 1. The van der Waals surface area contributed by atoms with Crippen molar-refractivity contribution in [3.63, 3.8) is 0 Å². The summed E-state index contributed by atoms with van der Waals surface area (Å²) in [6.07, 6.45) is 2.84. The zero-order valence-electron chi connectivity index (χ0n) is 14.3. The van der Waals surface area contributed by atoms with Crippen molar-refractivity contribution in [3.8, 4) is 0 Å². The second kappa shape index (κ2) is 5.26. The fourth-order valence-corrected chi connectivity index (χ4v) is 4.65. The Morgan fingerprint density at radius 2 is 1.85 bits per heavy atom. The lowest BCUT2D eigenvalue weighted by Crippen LogP contribution is -2.45. The molecule has 0 aliphatic carbocycles. The van der Waals surface area contributed by atoms with Crippen molar-refractivity contribution in [3.05, 3.63) is 89.5 Å². The largest absolute Gasteiger partial charge is 0.466 e. The predicted octanol–water partition coefficient (Wildman–Crippen LogP) is 4.83. The van der Waals surface area contributed by atoms with Crippen LogP contribution in [-0.4, -0.2) is 16.4 Å². The van der Waals surface area contributed by atoms with Crippen molar-refractivity contribution in [1.29, 1.82) is 0 Å². The Hall–Kier alpha value is -2.98. The van der Waals surface area contributed by atoms with Gasteiger partial charge in [-0.3, -0.25) is 4.90 Å². The van der Waals surface area contributed by atoms with Gasteiger partial charge in [-0.05, 0) is 41.8 Å². The molecule has 4 nitrogen and oxygen atoms in total. The summed E-state index contributed by atoms with van der Waals surface area (Å²) in [5.74, 6) is 0.962. The molecule has 2 aliphatic rings. The molecule has 2 aromatic carbocycles. The average molecular weight is 341 g/mol. The first kappa shape index (κ1) is 14.2. The number of furan rings is 1. The van der Waals surface area contributed by atoms with Crippen LogP contribution in [-0.2, 0) is 6.42 Å². The Bertz CT molecular complexity index is 1100. The summed E-state index contributed by atoms with van der Waals surface area (Å²) in [6.45, 7) is 0.992. The molecule has 2 aromatic heterocycles. The van der Waals surface area contributed by atoms with Crippen LogP contribution >= 0.6 is 0 Å². The van der Waals surface area contributed by atoms with Gasteiger partial charge in [-0.1, -0.05) is 36.4 Å². The summed E-state index contributed by atoms with van der Waals surface area (Å²) >= 11 is 0. The summed E-state index contributed by atoms with van der Waals surface area (Å²) < 4.78 is 5.77. The van der Waals surface area contributed by atoms with Crippen LogP contribution in [0.3, 0.4) is 0 Å². The van der Waals surface area contributed by atoms with E-state index in [4.69, 9.17) is 4.42 Å². The maximum absolute atomic E-state index is 5.77. The minimum absolute atomic E-state index is 0.0458. The van der Waals surface area contributed by atoms with E-state index in [-0.39, 0.29) is 12.2 Å². The highest BCUT2D eigenvalue weighted by Crippen LogP contribution is 2.47. The van der Waals surface area contributed by atoms with E-state index in [1.54, 1.807) is 6.26 Å². The predicted molar refractivity (Wildman–Crippen MR) is 102 cm³/mol. The van der Waals surface area contributed by atoms with E-state index in [1.165, 1.54) is 33.4 Å². The Balaban J connectivity index is 1.59. The highest BCUT2D eigenvalue weighted by Gasteiger charge is 2.41. The highest BCUT2D eigenvalue weighted by atomic mass is 16.3. The van der Waals surface area contributed by atoms with Crippen LogP contribution in [0, 0.1) is 0 Å². The van der Waals surface area contributed by atoms with E-state index in [9.17, 15) is 0 Å². The van der Waals surface area contributed by atoms with Crippen LogP contribution in [0.1, 0.15) is 34.8 Å². The van der Waals surface area contributed by atoms with Crippen molar-refractivity contribution in [1.82, 2.24) is 9.88 Å². The first-order valence-electron chi connectivity index (χ1n) is 9.14. The van der Waals surface area contributed by atoms with E-state index >= 15 is 0 Å². The van der Waals surface area contributed by atoms with Crippen LogP contribution in [0.25, 0.3) is 10.9 Å². The molecule has 2 unspecified atom stereocenters. The van der Waals surface area contributed by atoms with Crippen LogP contribution < -0.4 is 5.32 Å². The molecule has 2 aliphatic heterocycles. The molecule has 2 atom stereocenters. The number of nitrogens with zero attached hydrogens (tertiary/aromatic N) is 1. The lowest BCUT2D eigenvalue weighted by Gasteiger charge is -2.45. The molecular formula is C22H19N3O. The topological polar surface area (TPSA) is 44.2 Å². The molecular weight excluding hydrogens is 322 g/mol. The van der Waals surface area contributed by atoms with Gasteiger partial charge in [0.15, 0.2) is 0 Å². The molecule has 0 bridgehead atoms. The Morgan fingerprint density at radius 1 is 0.962 bits per heavy atom. The monoisotopic (exact) mass is 341 g/mol. The molecule has 4 aromatic rings. The van der Waals surface area contributed by atoms with E-state index in [2.05, 4.69) is 69.8 Å². The van der Waals surface area contributed by atoms with Crippen LogP contribution in [0.4, 0.5) is 5.69 Å². The van der Waals surface area contributed by atoms with Crippen LogP contribution in [0.15, 0.2) is 71.3 Å². The average Bonchev–Trinajstić information content (AvgIpc) is 3.34. The minimum Gasteiger partial charge on any atom is -0.466 e. The summed E-state index contributed by atoms with van der Waals surface area (Å²) in [6, 6.07) is 21.5. The molecule has 26 heavy (non-hydrogen) atoms. The number of hydrogen-bond donors (Lipinski definition) is 2. The molecule has 0 spiro atoms. The van der Waals surface area contributed by atoms with Gasteiger partial charge in [-0.2, -0.15) is 0 Å². The molecule has 0 saturated heterocycles. The Labute approximate surface area is 151 Å². The Morgan fingerprint density at radius 3 is 2.77 bits per heavy atom. The third-order valence-corrected chi connectivity index (χ3v) is 5.76. The molecule has 128 valence electrons. The molecule has 0 saturated carbocycles. The quantitative estimate of drug-likeness (QED) is 0.521. The van der Waals surface area contributed by atoms with Crippen molar-refractivity contribution in [2.24, 2.45) is 0 Å². The van der Waals surface area contributed by atoms with Gasteiger partial charge in [0.05, 0.1) is 12.3 Å². The number of aromatic nitrogens is 1. The van der Waals surface area contributed by atoms with Crippen LogP contribution in [0.2, 0.25) is 0 Å². The number of nitrogens with one attached hydrogen (secondary N) is 2. The summed E-state index contributed by atoms with van der Waals surface area (Å²) in [5, 5.41) is 5.04. The maximum atomic E-state index is 5.77. The summed E-state index contributed by atoms with van der Waals surface area (Å²) in [7, 11) is 0. The van der Waals surface area contributed by atoms with E-state index in [1.807, 2.05) is 6.07 Å². The molecule has 6 rings (SSSR count). The fourth-order valence-electron chi connectivity index (χ4n) is 4.65. The van der Waals surface area contributed by atoms with E-state index < -0.39 is 0 Å². The third kappa shape index (κ3) is 1.88. The smallest absolute Gasteiger partial charge is 0.141 e. The maximum Gasteiger partial charge on any atom is 0.141 e. The molecule has 0 amide bonds. The minimum atomic E-state index is 0.0458. The number of anilines is 1. The molecule has 0 radical (unpaired) electrons. The number of fused-ring (bicyclic) bond motifs is 7. The van der Waals surface area contributed by atoms with E-state index in [0.29, 0.717) is 0 Å². The zero-order valence-corrected chi connectivity index (χ0v) is 14.3.